The Labute approximate surface area is 147 Å². The number of piperidine rings is 1. The van der Waals surface area contributed by atoms with Gasteiger partial charge in [0.25, 0.3) is 5.88 Å². The van der Waals surface area contributed by atoms with Crippen molar-refractivity contribution in [1.29, 1.82) is 0 Å². The molecule has 3 heterocycles. The molecule has 0 radical (unpaired) electrons. The van der Waals surface area contributed by atoms with Gasteiger partial charge < -0.3 is 4.74 Å². The zero-order chi connectivity index (χ0) is 17.2. The van der Waals surface area contributed by atoms with E-state index in [1.54, 1.807) is 12.3 Å². The number of aromatic nitrogens is 3. The van der Waals surface area contributed by atoms with E-state index in [1.807, 2.05) is 0 Å². The van der Waals surface area contributed by atoms with Crippen LogP contribution < -0.4 is 4.74 Å². The predicted molar refractivity (Wildman–Crippen MR) is 93.0 cm³/mol. The lowest BCUT2D eigenvalue weighted by Gasteiger charge is -2.32. The number of halogens is 1. The Morgan fingerprint density at radius 2 is 2.04 bits per heavy atom. The minimum atomic E-state index is -0.383. The molecule has 2 aromatic rings. The Hall–Kier alpha value is -1.95. The first kappa shape index (κ1) is 16.5. The van der Waals surface area contributed by atoms with Crippen molar-refractivity contribution in [2.75, 3.05) is 13.1 Å². The molecule has 25 heavy (non-hydrogen) atoms. The van der Waals surface area contributed by atoms with Crippen molar-refractivity contribution in [2.24, 2.45) is 7.05 Å². The van der Waals surface area contributed by atoms with Crippen LogP contribution in [0.4, 0.5) is 4.39 Å². The molecule has 2 aromatic heterocycles. The van der Waals surface area contributed by atoms with Crippen molar-refractivity contribution in [1.82, 2.24) is 19.7 Å². The lowest BCUT2D eigenvalue weighted by Crippen LogP contribution is -2.38. The monoisotopic (exact) mass is 344 g/mol. The van der Waals surface area contributed by atoms with Crippen LogP contribution in [0.1, 0.15) is 42.6 Å². The molecule has 134 valence electrons. The van der Waals surface area contributed by atoms with Crippen molar-refractivity contribution < 1.29 is 9.13 Å². The molecule has 0 amide bonds. The molecule has 0 unspecified atom stereocenters. The Morgan fingerprint density at radius 1 is 1.24 bits per heavy atom. The van der Waals surface area contributed by atoms with E-state index < -0.39 is 0 Å². The van der Waals surface area contributed by atoms with Crippen molar-refractivity contribution in [2.45, 2.75) is 51.2 Å². The summed E-state index contributed by atoms with van der Waals surface area (Å²) < 4.78 is 21.5. The maximum absolute atomic E-state index is 13.7. The molecule has 1 aliphatic heterocycles. The molecule has 0 N–H and O–H groups in total. The summed E-state index contributed by atoms with van der Waals surface area (Å²) in [7, 11) is 2.06. The van der Waals surface area contributed by atoms with E-state index in [9.17, 15) is 4.39 Å². The predicted octanol–water partition coefficient (Wildman–Crippen LogP) is 2.88. The molecule has 0 bridgehead atoms. The fourth-order valence-corrected chi connectivity index (χ4v) is 3.96. The van der Waals surface area contributed by atoms with Crippen LogP contribution in [0.15, 0.2) is 18.3 Å². The van der Waals surface area contributed by atoms with Crippen molar-refractivity contribution in [3.05, 3.63) is 41.1 Å². The van der Waals surface area contributed by atoms with Crippen LogP contribution in [-0.4, -0.2) is 38.9 Å². The summed E-state index contributed by atoms with van der Waals surface area (Å²) >= 11 is 0. The minimum Gasteiger partial charge on any atom is -0.472 e. The number of nitrogens with zero attached hydrogens (tertiary/aromatic N) is 4. The molecule has 0 spiro atoms. The van der Waals surface area contributed by atoms with Crippen LogP contribution in [-0.2, 0) is 26.4 Å². The molecule has 5 nitrogen and oxygen atoms in total. The van der Waals surface area contributed by atoms with E-state index in [0.717, 1.165) is 45.3 Å². The van der Waals surface area contributed by atoms with E-state index in [0.29, 0.717) is 0 Å². The van der Waals surface area contributed by atoms with Crippen LogP contribution in [0, 0.1) is 5.82 Å². The largest absolute Gasteiger partial charge is 0.472 e. The highest BCUT2D eigenvalue weighted by molar-refractivity contribution is 5.28. The maximum Gasteiger partial charge on any atom is 0.250 e. The van der Waals surface area contributed by atoms with Gasteiger partial charge in [-0.3, -0.25) is 9.58 Å². The summed E-state index contributed by atoms with van der Waals surface area (Å²) in [6, 6.07) is 2.97. The number of rotatable bonds is 4. The molecule has 0 atom stereocenters. The summed E-state index contributed by atoms with van der Waals surface area (Å²) in [6.07, 6.45) is 8.23. The second kappa shape index (κ2) is 7.12. The topological polar surface area (TPSA) is 43.2 Å². The number of fused-ring (bicyclic) bond motifs is 1. The van der Waals surface area contributed by atoms with Crippen molar-refractivity contribution in [3.8, 4) is 5.88 Å². The minimum absolute atomic E-state index is 0.0427. The Balaban J connectivity index is 1.35. The Morgan fingerprint density at radius 3 is 2.84 bits per heavy atom. The molecule has 1 aliphatic carbocycles. The lowest BCUT2D eigenvalue weighted by molar-refractivity contribution is 0.0883. The quantitative estimate of drug-likeness (QED) is 0.855. The van der Waals surface area contributed by atoms with E-state index in [2.05, 4.69) is 21.6 Å². The van der Waals surface area contributed by atoms with Gasteiger partial charge in [0.05, 0.1) is 11.4 Å². The van der Waals surface area contributed by atoms with Crippen LogP contribution in [0.2, 0.25) is 0 Å². The van der Waals surface area contributed by atoms with Gasteiger partial charge in [0, 0.05) is 32.9 Å². The molecular weight excluding hydrogens is 319 g/mol. The zero-order valence-electron chi connectivity index (χ0n) is 14.7. The highest BCUT2D eigenvalue weighted by atomic mass is 19.1. The molecule has 0 aromatic carbocycles. The van der Waals surface area contributed by atoms with E-state index in [1.165, 1.54) is 35.9 Å². The summed E-state index contributed by atoms with van der Waals surface area (Å²) in [5.41, 5.74) is 4.14. The summed E-state index contributed by atoms with van der Waals surface area (Å²) in [5.74, 6) is -0.256. The van der Waals surface area contributed by atoms with Crippen molar-refractivity contribution >= 4 is 0 Å². The van der Waals surface area contributed by atoms with Gasteiger partial charge >= 0.3 is 0 Å². The normalized spacial score (nSPS) is 19.0. The highest BCUT2D eigenvalue weighted by Crippen LogP contribution is 2.26. The Bertz CT molecular complexity index is 737. The van der Waals surface area contributed by atoms with Gasteiger partial charge in [0.2, 0.25) is 0 Å². The standard InChI is InChI=1S/C19H25FN4O/c1-23-18(15-5-2-3-7-17(15)22-23)13-24-11-8-14(9-12-24)25-19-16(20)6-4-10-21-19/h4,6,10,14H,2-3,5,7-9,11-13H2,1H3. The molecule has 0 saturated carbocycles. The molecule has 4 rings (SSSR count). The maximum atomic E-state index is 13.7. The SMILES string of the molecule is Cn1nc2c(c1CN1CCC(Oc3ncccc3F)CC1)CCCC2. The molecule has 1 fully saturated rings. The number of ether oxygens (including phenoxy) is 1. The van der Waals surface area contributed by atoms with Gasteiger partial charge in [0.1, 0.15) is 6.10 Å². The summed E-state index contributed by atoms with van der Waals surface area (Å²) in [4.78, 5) is 6.45. The highest BCUT2D eigenvalue weighted by Gasteiger charge is 2.25. The van der Waals surface area contributed by atoms with E-state index in [-0.39, 0.29) is 17.8 Å². The number of pyridine rings is 1. The summed E-state index contributed by atoms with van der Waals surface area (Å²) in [5, 5.41) is 4.71. The molecule has 2 aliphatic rings. The third-order valence-corrected chi connectivity index (χ3v) is 5.36. The lowest BCUT2D eigenvalue weighted by atomic mass is 9.95. The first-order chi connectivity index (χ1) is 12.2. The van der Waals surface area contributed by atoms with Crippen molar-refractivity contribution in [3.63, 3.8) is 0 Å². The molecular formula is C19H25FN4O. The fraction of sp³-hybridized carbons (Fsp3) is 0.579. The van der Waals surface area contributed by atoms with Gasteiger partial charge in [-0.2, -0.15) is 5.10 Å². The van der Waals surface area contributed by atoms with Gasteiger partial charge in [-0.15, -0.1) is 0 Å². The fourth-order valence-electron chi connectivity index (χ4n) is 3.96. The number of hydrogen-bond donors (Lipinski definition) is 0. The average Bonchev–Trinajstić information content (AvgIpc) is 2.94. The number of aryl methyl sites for hydroxylation is 2. The van der Waals surface area contributed by atoms with Crippen LogP contribution in [0.5, 0.6) is 5.88 Å². The Kier molecular flexibility index (Phi) is 4.70. The van der Waals surface area contributed by atoms with E-state index in [4.69, 9.17) is 9.84 Å². The second-order valence-electron chi connectivity index (χ2n) is 7.09. The molecule has 1 saturated heterocycles. The van der Waals surface area contributed by atoms with Crippen LogP contribution in [0.3, 0.4) is 0 Å². The average molecular weight is 344 g/mol. The smallest absolute Gasteiger partial charge is 0.250 e. The van der Waals surface area contributed by atoms with Crippen LogP contribution in [0.25, 0.3) is 0 Å². The van der Waals surface area contributed by atoms with Gasteiger partial charge in [-0.25, -0.2) is 9.37 Å². The number of likely N-dealkylation sites (tertiary alicyclic amines) is 1. The molecule has 6 heteroatoms. The third-order valence-electron chi connectivity index (χ3n) is 5.36. The van der Waals surface area contributed by atoms with Gasteiger partial charge in [-0.05, 0) is 56.2 Å². The van der Waals surface area contributed by atoms with Gasteiger partial charge in [0.15, 0.2) is 5.82 Å². The second-order valence-corrected chi connectivity index (χ2v) is 7.09. The number of hydrogen-bond acceptors (Lipinski definition) is 4. The first-order valence-corrected chi connectivity index (χ1v) is 9.24. The zero-order valence-corrected chi connectivity index (χ0v) is 14.7. The van der Waals surface area contributed by atoms with E-state index >= 15 is 0 Å². The first-order valence-electron chi connectivity index (χ1n) is 9.24. The summed E-state index contributed by atoms with van der Waals surface area (Å²) in [6.45, 7) is 2.86. The van der Waals surface area contributed by atoms with Gasteiger partial charge in [-0.1, -0.05) is 0 Å². The third kappa shape index (κ3) is 3.54. The van der Waals surface area contributed by atoms with Crippen LogP contribution >= 0.6 is 0 Å².